The van der Waals surface area contributed by atoms with Crippen molar-refractivity contribution in [2.75, 3.05) is 0 Å². The molecule has 1 N–H and O–H groups in total. The predicted molar refractivity (Wildman–Crippen MR) is 76.1 cm³/mol. The summed E-state index contributed by atoms with van der Waals surface area (Å²) in [7, 11) is 1.78. The highest BCUT2D eigenvalue weighted by Crippen LogP contribution is 2.27. The predicted octanol–water partition coefficient (Wildman–Crippen LogP) is 2.88. The highest BCUT2D eigenvalue weighted by Gasteiger charge is 2.12. The minimum Gasteiger partial charge on any atom is -0.310 e. The van der Waals surface area contributed by atoms with Crippen molar-refractivity contribution >= 4 is 15.9 Å². The summed E-state index contributed by atoms with van der Waals surface area (Å²) in [5.41, 5.74) is 2.18. The second-order valence-electron chi connectivity index (χ2n) is 4.69. The van der Waals surface area contributed by atoms with Gasteiger partial charge in [0.25, 0.3) is 0 Å². The zero-order valence-corrected chi connectivity index (χ0v) is 12.7. The lowest BCUT2D eigenvalue weighted by molar-refractivity contribution is 0.553. The van der Waals surface area contributed by atoms with Crippen molar-refractivity contribution in [2.45, 2.75) is 26.4 Å². The molecule has 2 aromatic rings. The van der Waals surface area contributed by atoms with Crippen molar-refractivity contribution in [3.05, 3.63) is 34.2 Å². The van der Waals surface area contributed by atoms with E-state index in [1.54, 1.807) is 17.8 Å². The van der Waals surface area contributed by atoms with Crippen LogP contribution < -0.4 is 5.32 Å². The average Bonchev–Trinajstić information content (AvgIpc) is 2.67. The molecule has 1 aromatic heterocycles. The molecule has 0 spiro atoms. The Morgan fingerprint density at radius 2 is 2.16 bits per heavy atom. The monoisotopic (exact) mass is 326 g/mol. The van der Waals surface area contributed by atoms with Gasteiger partial charge in [0, 0.05) is 30.8 Å². The Morgan fingerprint density at radius 1 is 1.42 bits per heavy atom. The molecule has 2 rings (SSSR count). The van der Waals surface area contributed by atoms with Crippen LogP contribution in [-0.4, -0.2) is 21.0 Å². The number of aryl methyl sites for hydroxylation is 1. The lowest BCUT2D eigenvalue weighted by atomic mass is 10.1. The second-order valence-corrected chi connectivity index (χ2v) is 5.45. The summed E-state index contributed by atoms with van der Waals surface area (Å²) < 4.78 is 16.3. The van der Waals surface area contributed by atoms with Crippen LogP contribution >= 0.6 is 15.9 Å². The smallest absolute Gasteiger partial charge is 0.156 e. The molecule has 0 aliphatic heterocycles. The Kier molecular flexibility index (Phi) is 4.31. The summed E-state index contributed by atoms with van der Waals surface area (Å²) in [4.78, 5) is 0. The first kappa shape index (κ1) is 14.1. The zero-order chi connectivity index (χ0) is 14.0. The first-order valence-corrected chi connectivity index (χ1v) is 6.85. The molecule has 19 heavy (non-hydrogen) atoms. The van der Waals surface area contributed by atoms with Crippen LogP contribution in [0.4, 0.5) is 4.39 Å². The molecule has 0 radical (unpaired) electrons. The van der Waals surface area contributed by atoms with E-state index in [1.807, 2.05) is 19.9 Å². The summed E-state index contributed by atoms with van der Waals surface area (Å²) >= 11 is 3.32. The third-order valence-electron chi connectivity index (χ3n) is 2.81. The molecule has 0 fully saturated rings. The number of aromatic nitrogens is 3. The fourth-order valence-electron chi connectivity index (χ4n) is 1.79. The van der Waals surface area contributed by atoms with Crippen LogP contribution in [0, 0.1) is 5.82 Å². The van der Waals surface area contributed by atoms with E-state index >= 15 is 0 Å². The van der Waals surface area contributed by atoms with Crippen molar-refractivity contribution in [3.63, 3.8) is 0 Å². The van der Waals surface area contributed by atoms with E-state index < -0.39 is 0 Å². The van der Waals surface area contributed by atoms with Crippen LogP contribution in [0.2, 0.25) is 0 Å². The van der Waals surface area contributed by atoms with Gasteiger partial charge in [0.05, 0.1) is 0 Å². The van der Waals surface area contributed by atoms with Gasteiger partial charge in [-0.2, -0.15) is 0 Å². The van der Waals surface area contributed by atoms with Crippen LogP contribution in [0.15, 0.2) is 22.8 Å². The molecule has 0 bridgehead atoms. The number of nitrogens with one attached hydrogen (secondary N) is 1. The van der Waals surface area contributed by atoms with E-state index in [0.717, 1.165) is 11.3 Å². The molecule has 0 saturated heterocycles. The number of nitrogens with zero attached hydrogens (tertiary/aromatic N) is 3. The molecular formula is C13H16BrFN4. The van der Waals surface area contributed by atoms with E-state index in [9.17, 15) is 4.39 Å². The fraction of sp³-hybridized carbons (Fsp3) is 0.385. The van der Waals surface area contributed by atoms with Crippen LogP contribution in [0.1, 0.15) is 19.4 Å². The Bertz CT molecular complexity index is 561. The number of hydrogen-bond acceptors (Lipinski definition) is 3. The van der Waals surface area contributed by atoms with Crippen molar-refractivity contribution in [1.29, 1.82) is 0 Å². The maximum Gasteiger partial charge on any atom is 0.156 e. The van der Waals surface area contributed by atoms with Gasteiger partial charge in [-0.15, -0.1) is 5.10 Å². The van der Waals surface area contributed by atoms with Gasteiger partial charge in [-0.05, 0) is 22.0 Å². The van der Waals surface area contributed by atoms with E-state index in [1.165, 1.54) is 6.07 Å². The minimum atomic E-state index is -0.223. The van der Waals surface area contributed by atoms with Gasteiger partial charge in [-0.1, -0.05) is 31.2 Å². The van der Waals surface area contributed by atoms with Gasteiger partial charge >= 0.3 is 0 Å². The number of halogens is 2. The SMILES string of the molecule is CC(C)NCc1ccc(-c2c(Br)nnn2C)cc1F. The third-order valence-corrected chi connectivity index (χ3v) is 3.35. The molecule has 0 aliphatic carbocycles. The van der Waals surface area contributed by atoms with E-state index in [2.05, 4.69) is 31.6 Å². The van der Waals surface area contributed by atoms with Crippen molar-refractivity contribution in [1.82, 2.24) is 20.3 Å². The Morgan fingerprint density at radius 3 is 2.68 bits per heavy atom. The molecule has 0 unspecified atom stereocenters. The Balaban J connectivity index is 2.29. The maximum atomic E-state index is 14.1. The van der Waals surface area contributed by atoms with Crippen LogP contribution in [0.3, 0.4) is 0 Å². The molecule has 1 heterocycles. The molecule has 6 heteroatoms. The molecule has 0 atom stereocenters. The fourth-order valence-corrected chi connectivity index (χ4v) is 2.35. The van der Waals surface area contributed by atoms with Crippen molar-refractivity contribution in [3.8, 4) is 11.3 Å². The zero-order valence-electron chi connectivity index (χ0n) is 11.1. The Labute approximate surface area is 120 Å². The molecule has 0 aliphatic rings. The first-order valence-electron chi connectivity index (χ1n) is 6.06. The summed E-state index contributed by atoms with van der Waals surface area (Å²) in [5.74, 6) is -0.223. The molecule has 0 saturated carbocycles. The quantitative estimate of drug-likeness (QED) is 0.939. The second kappa shape index (κ2) is 5.79. The minimum absolute atomic E-state index is 0.223. The van der Waals surface area contributed by atoms with Gasteiger partial charge in [0.1, 0.15) is 11.5 Å². The topological polar surface area (TPSA) is 42.7 Å². The summed E-state index contributed by atoms with van der Waals surface area (Å²) in [5, 5.41) is 11.0. The highest BCUT2D eigenvalue weighted by atomic mass is 79.9. The normalized spacial score (nSPS) is 11.3. The van der Waals surface area contributed by atoms with Gasteiger partial charge in [-0.3, -0.25) is 0 Å². The van der Waals surface area contributed by atoms with Gasteiger partial charge < -0.3 is 5.32 Å². The Hall–Kier alpha value is -1.27. The van der Waals surface area contributed by atoms with Gasteiger partial charge in [0.15, 0.2) is 4.60 Å². The lowest BCUT2D eigenvalue weighted by Crippen LogP contribution is -2.22. The number of benzene rings is 1. The van der Waals surface area contributed by atoms with Gasteiger partial charge in [0.2, 0.25) is 0 Å². The standard InChI is InChI=1S/C13H16BrFN4/c1-8(2)16-7-10-5-4-9(6-11(10)15)12-13(14)17-18-19(12)3/h4-6,8,16H,7H2,1-3H3. The summed E-state index contributed by atoms with van der Waals surface area (Å²) in [6.07, 6.45) is 0. The maximum absolute atomic E-state index is 14.1. The van der Waals surface area contributed by atoms with E-state index in [-0.39, 0.29) is 5.82 Å². The van der Waals surface area contributed by atoms with Crippen LogP contribution in [0.25, 0.3) is 11.3 Å². The molecule has 102 valence electrons. The van der Waals surface area contributed by atoms with Crippen LogP contribution in [-0.2, 0) is 13.6 Å². The largest absolute Gasteiger partial charge is 0.310 e. The van der Waals surface area contributed by atoms with Crippen LogP contribution in [0.5, 0.6) is 0 Å². The van der Waals surface area contributed by atoms with Crippen molar-refractivity contribution in [2.24, 2.45) is 7.05 Å². The van der Waals surface area contributed by atoms with E-state index in [4.69, 9.17) is 0 Å². The van der Waals surface area contributed by atoms with Gasteiger partial charge in [-0.25, -0.2) is 9.07 Å². The van der Waals surface area contributed by atoms with E-state index in [0.29, 0.717) is 22.8 Å². The highest BCUT2D eigenvalue weighted by molar-refractivity contribution is 9.10. The average molecular weight is 327 g/mol. The molecule has 0 amide bonds. The summed E-state index contributed by atoms with van der Waals surface area (Å²) in [6.45, 7) is 4.59. The number of rotatable bonds is 4. The lowest BCUT2D eigenvalue weighted by Gasteiger charge is -2.10. The number of hydrogen-bond donors (Lipinski definition) is 1. The molecular weight excluding hydrogens is 311 g/mol. The first-order chi connectivity index (χ1) is 8.99. The molecule has 4 nitrogen and oxygen atoms in total. The third kappa shape index (κ3) is 3.19. The summed E-state index contributed by atoms with van der Waals surface area (Å²) in [6, 6.07) is 5.51. The van der Waals surface area contributed by atoms with Crippen molar-refractivity contribution < 1.29 is 4.39 Å². The molecule has 1 aromatic carbocycles.